The van der Waals surface area contributed by atoms with Crippen molar-refractivity contribution in [1.82, 2.24) is 0 Å². The Labute approximate surface area is 299 Å². The zero-order valence-electron chi connectivity index (χ0n) is 28.2. The zero-order chi connectivity index (χ0) is 34.0. The topological polar surface area (TPSA) is 3.24 Å². The van der Waals surface area contributed by atoms with Crippen molar-refractivity contribution < 1.29 is 0 Å². The molecule has 0 saturated heterocycles. The van der Waals surface area contributed by atoms with Crippen LogP contribution >= 0.6 is 0 Å². The van der Waals surface area contributed by atoms with Crippen molar-refractivity contribution in [2.75, 3.05) is 4.90 Å². The molecule has 0 aliphatic heterocycles. The van der Waals surface area contributed by atoms with Gasteiger partial charge >= 0.3 is 0 Å². The summed E-state index contributed by atoms with van der Waals surface area (Å²) in [6, 6.07) is 76.5. The van der Waals surface area contributed by atoms with Crippen LogP contribution in [0.3, 0.4) is 0 Å². The standard InChI is InChI=1S/C50H35N/c1-2-14-44(15-3-1)51(45-32-28-38(29-33-45)36-20-24-42(25-21-36)49-18-8-12-40-10-4-6-16-47(40)49)46-34-30-39(31-35-46)37-22-26-43(27-23-37)50-19-9-13-41-11-5-7-17-48(41)50/h1-35H. The Hall–Kier alpha value is -6.70. The van der Waals surface area contributed by atoms with Crippen molar-refractivity contribution in [2.45, 2.75) is 0 Å². The lowest BCUT2D eigenvalue weighted by atomic mass is 9.96. The van der Waals surface area contributed by atoms with Crippen LogP contribution in [-0.2, 0) is 0 Å². The van der Waals surface area contributed by atoms with Crippen LogP contribution in [0.1, 0.15) is 0 Å². The van der Waals surface area contributed by atoms with Gasteiger partial charge in [-0.1, -0.05) is 176 Å². The minimum Gasteiger partial charge on any atom is -0.311 e. The summed E-state index contributed by atoms with van der Waals surface area (Å²) >= 11 is 0. The van der Waals surface area contributed by atoms with E-state index in [1.165, 1.54) is 66.1 Å². The Bertz CT molecular complexity index is 2410. The van der Waals surface area contributed by atoms with Crippen molar-refractivity contribution in [3.05, 3.63) is 212 Å². The van der Waals surface area contributed by atoms with Gasteiger partial charge in [0.05, 0.1) is 0 Å². The van der Waals surface area contributed by atoms with E-state index in [-0.39, 0.29) is 0 Å². The van der Waals surface area contributed by atoms with Crippen LogP contribution in [0.4, 0.5) is 17.1 Å². The van der Waals surface area contributed by atoms with E-state index in [1.807, 2.05) is 0 Å². The SMILES string of the molecule is c1ccc(N(c2ccc(-c3ccc(-c4cccc5ccccc45)cc3)cc2)c2ccc(-c3ccc(-c4cccc5ccccc45)cc3)cc2)cc1. The molecule has 0 bridgehead atoms. The van der Waals surface area contributed by atoms with E-state index >= 15 is 0 Å². The maximum Gasteiger partial charge on any atom is 0.0462 e. The highest BCUT2D eigenvalue weighted by atomic mass is 15.1. The molecule has 0 unspecified atom stereocenters. The van der Waals surface area contributed by atoms with Gasteiger partial charge < -0.3 is 4.90 Å². The van der Waals surface area contributed by atoms with Crippen LogP contribution < -0.4 is 4.90 Å². The maximum absolute atomic E-state index is 2.32. The second kappa shape index (κ2) is 13.3. The molecule has 9 aromatic carbocycles. The summed E-state index contributed by atoms with van der Waals surface area (Å²) in [5, 5.41) is 5.08. The van der Waals surface area contributed by atoms with Gasteiger partial charge in [0.2, 0.25) is 0 Å². The third-order valence-electron chi connectivity index (χ3n) is 9.90. The molecule has 0 aliphatic carbocycles. The highest BCUT2D eigenvalue weighted by molar-refractivity contribution is 5.98. The van der Waals surface area contributed by atoms with E-state index in [9.17, 15) is 0 Å². The van der Waals surface area contributed by atoms with Crippen molar-refractivity contribution in [1.29, 1.82) is 0 Å². The van der Waals surface area contributed by atoms with E-state index in [1.54, 1.807) is 0 Å². The molecule has 9 rings (SSSR count). The predicted octanol–water partition coefficient (Wildman–Crippen LogP) is 14.1. The number of fused-ring (bicyclic) bond motifs is 2. The van der Waals surface area contributed by atoms with Gasteiger partial charge in [-0.2, -0.15) is 0 Å². The van der Waals surface area contributed by atoms with Crippen molar-refractivity contribution in [3.8, 4) is 44.5 Å². The quantitative estimate of drug-likeness (QED) is 0.166. The molecule has 0 heterocycles. The first-order valence-electron chi connectivity index (χ1n) is 17.5. The molecule has 0 N–H and O–H groups in total. The Balaban J connectivity index is 0.982. The number of anilines is 3. The molecule has 0 spiro atoms. The molecular formula is C50H35N. The van der Waals surface area contributed by atoms with Crippen LogP contribution in [-0.4, -0.2) is 0 Å². The minimum atomic E-state index is 1.12. The number of hydrogen-bond acceptors (Lipinski definition) is 1. The zero-order valence-corrected chi connectivity index (χ0v) is 28.2. The second-order valence-electron chi connectivity index (χ2n) is 13.0. The molecule has 0 aromatic heterocycles. The Morgan fingerprint density at radius 1 is 0.216 bits per heavy atom. The molecule has 0 saturated carbocycles. The van der Waals surface area contributed by atoms with Gasteiger partial charge in [0.25, 0.3) is 0 Å². The molecule has 9 aromatic rings. The Kier molecular flexibility index (Phi) is 7.92. The fraction of sp³-hybridized carbons (Fsp3) is 0. The summed E-state index contributed by atoms with van der Waals surface area (Å²) in [4.78, 5) is 2.32. The van der Waals surface area contributed by atoms with Gasteiger partial charge in [0.15, 0.2) is 0 Å². The van der Waals surface area contributed by atoms with E-state index in [4.69, 9.17) is 0 Å². The highest BCUT2D eigenvalue weighted by Gasteiger charge is 2.14. The summed E-state index contributed by atoms with van der Waals surface area (Å²) in [5.41, 5.74) is 13.1. The second-order valence-corrected chi connectivity index (χ2v) is 13.0. The van der Waals surface area contributed by atoms with Crippen LogP contribution in [0.2, 0.25) is 0 Å². The molecule has 0 aliphatic rings. The van der Waals surface area contributed by atoms with E-state index < -0.39 is 0 Å². The van der Waals surface area contributed by atoms with Gasteiger partial charge in [0.1, 0.15) is 0 Å². The molecule has 0 atom stereocenters. The summed E-state index contributed by atoms with van der Waals surface area (Å²) in [6.45, 7) is 0. The largest absolute Gasteiger partial charge is 0.311 e. The third-order valence-corrected chi connectivity index (χ3v) is 9.90. The van der Waals surface area contributed by atoms with Crippen LogP contribution in [0.25, 0.3) is 66.1 Å². The van der Waals surface area contributed by atoms with Crippen LogP contribution in [0, 0.1) is 0 Å². The average Bonchev–Trinajstić information content (AvgIpc) is 3.22. The first-order valence-corrected chi connectivity index (χ1v) is 17.5. The first-order chi connectivity index (χ1) is 25.3. The Morgan fingerprint density at radius 3 is 0.961 bits per heavy atom. The van der Waals surface area contributed by atoms with Gasteiger partial charge in [0, 0.05) is 17.1 Å². The fourth-order valence-corrected chi connectivity index (χ4v) is 7.27. The van der Waals surface area contributed by atoms with E-state index in [0.29, 0.717) is 0 Å². The number of nitrogens with zero attached hydrogens (tertiary/aromatic N) is 1. The van der Waals surface area contributed by atoms with E-state index in [0.717, 1.165) is 17.1 Å². The van der Waals surface area contributed by atoms with E-state index in [2.05, 4.69) is 217 Å². The molecule has 1 nitrogen and oxygen atoms in total. The Morgan fingerprint density at radius 2 is 0.529 bits per heavy atom. The lowest BCUT2D eigenvalue weighted by molar-refractivity contribution is 1.28. The molecule has 1 heteroatoms. The summed E-state index contributed by atoms with van der Waals surface area (Å²) < 4.78 is 0. The molecule has 0 amide bonds. The van der Waals surface area contributed by atoms with Gasteiger partial charge in [-0.05, 0) is 102 Å². The number of hydrogen-bond donors (Lipinski definition) is 0. The maximum atomic E-state index is 2.32. The summed E-state index contributed by atoms with van der Waals surface area (Å²) in [6.07, 6.45) is 0. The van der Waals surface area contributed by atoms with Crippen molar-refractivity contribution in [2.24, 2.45) is 0 Å². The van der Waals surface area contributed by atoms with Crippen LogP contribution in [0.5, 0.6) is 0 Å². The summed E-state index contributed by atoms with van der Waals surface area (Å²) in [7, 11) is 0. The first kappa shape index (κ1) is 30.4. The summed E-state index contributed by atoms with van der Waals surface area (Å²) in [5.74, 6) is 0. The minimum absolute atomic E-state index is 1.12. The monoisotopic (exact) mass is 649 g/mol. The predicted molar refractivity (Wildman–Crippen MR) is 218 cm³/mol. The van der Waals surface area contributed by atoms with Gasteiger partial charge in [-0.3, -0.25) is 0 Å². The van der Waals surface area contributed by atoms with Crippen molar-refractivity contribution in [3.63, 3.8) is 0 Å². The molecule has 240 valence electrons. The number of para-hydroxylation sites is 1. The van der Waals surface area contributed by atoms with Gasteiger partial charge in [-0.15, -0.1) is 0 Å². The molecular weight excluding hydrogens is 615 g/mol. The average molecular weight is 650 g/mol. The lowest BCUT2D eigenvalue weighted by Crippen LogP contribution is -2.09. The molecule has 0 radical (unpaired) electrons. The number of benzene rings is 9. The van der Waals surface area contributed by atoms with Crippen LogP contribution in [0.15, 0.2) is 212 Å². The molecule has 0 fully saturated rings. The normalized spacial score (nSPS) is 11.1. The lowest BCUT2D eigenvalue weighted by Gasteiger charge is -2.26. The smallest absolute Gasteiger partial charge is 0.0462 e. The molecule has 51 heavy (non-hydrogen) atoms. The van der Waals surface area contributed by atoms with Crippen molar-refractivity contribution >= 4 is 38.6 Å². The third kappa shape index (κ3) is 5.96. The number of rotatable bonds is 7. The van der Waals surface area contributed by atoms with Gasteiger partial charge in [-0.25, -0.2) is 0 Å². The fourth-order valence-electron chi connectivity index (χ4n) is 7.27. The highest BCUT2D eigenvalue weighted by Crippen LogP contribution is 2.38.